The Bertz CT molecular complexity index is 1470. The van der Waals surface area contributed by atoms with E-state index in [2.05, 4.69) is 51.4 Å². The monoisotopic (exact) mass is 569 g/mol. The number of nitrogens with zero attached hydrogens (tertiary/aromatic N) is 8. The third-order valence-electron chi connectivity index (χ3n) is 6.85. The minimum atomic E-state index is -0.558. The van der Waals surface area contributed by atoms with Crippen LogP contribution in [0.15, 0.2) is 61.2 Å². The number of carbonyl (C=O) groups excluding carboxylic acids is 3. The molecular formula is C28H31N11O3. The van der Waals surface area contributed by atoms with E-state index in [-0.39, 0.29) is 24.2 Å². The maximum absolute atomic E-state index is 13.0. The normalized spacial score (nSPS) is 13.0. The van der Waals surface area contributed by atoms with Crippen molar-refractivity contribution in [1.82, 2.24) is 40.8 Å². The van der Waals surface area contributed by atoms with Gasteiger partial charge in [-0.2, -0.15) is 0 Å². The topological polar surface area (TPSA) is 204 Å². The molecule has 4 N–H and O–H groups in total. The summed E-state index contributed by atoms with van der Waals surface area (Å²) in [5, 5.41) is 36.3. The van der Waals surface area contributed by atoms with E-state index in [1.54, 1.807) is 55.5 Å². The van der Waals surface area contributed by atoms with Crippen LogP contribution in [0.5, 0.6) is 0 Å². The molecule has 2 heterocycles. The lowest BCUT2D eigenvalue weighted by molar-refractivity contribution is -0.125. The molecule has 216 valence electrons. The summed E-state index contributed by atoms with van der Waals surface area (Å²) in [7, 11) is 0. The van der Waals surface area contributed by atoms with E-state index < -0.39 is 17.7 Å². The predicted octanol–water partition coefficient (Wildman–Crippen LogP) is 2.69. The number of aromatic nitrogens is 8. The number of anilines is 2. The fourth-order valence-corrected chi connectivity index (χ4v) is 4.39. The molecule has 42 heavy (non-hydrogen) atoms. The van der Waals surface area contributed by atoms with Crippen molar-refractivity contribution in [2.24, 2.45) is 23.5 Å². The molecule has 0 fully saturated rings. The summed E-state index contributed by atoms with van der Waals surface area (Å²) >= 11 is 0. The summed E-state index contributed by atoms with van der Waals surface area (Å²) < 4.78 is 0. The molecule has 0 aliphatic carbocycles. The van der Waals surface area contributed by atoms with Gasteiger partial charge in [-0.05, 0) is 74.2 Å². The van der Waals surface area contributed by atoms with Crippen molar-refractivity contribution in [3.63, 3.8) is 0 Å². The van der Waals surface area contributed by atoms with Gasteiger partial charge in [0.1, 0.15) is 0 Å². The largest absolute Gasteiger partial charge is 0.369 e. The molecule has 0 radical (unpaired) electrons. The maximum Gasteiger partial charge on any atom is 0.227 e. The zero-order valence-corrected chi connectivity index (χ0v) is 23.2. The summed E-state index contributed by atoms with van der Waals surface area (Å²) in [4.78, 5) is 38.1. The molecule has 0 saturated heterocycles. The summed E-state index contributed by atoms with van der Waals surface area (Å²) in [5.74, 6) is -1.52. The second-order valence-electron chi connectivity index (χ2n) is 9.79. The molecule has 3 unspecified atom stereocenters. The zero-order valence-electron chi connectivity index (χ0n) is 23.2. The molecule has 0 bridgehead atoms. The molecule has 2 aromatic heterocycles. The van der Waals surface area contributed by atoms with Gasteiger partial charge in [0, 0.05) is 40.3 Å². The van der Waals surface area contributed by atoms with Crippen LogP contribution < -0.4 is 16.4 Å². The molecule has 14 nitrogen and oxygen atoms in total. The van der Waals surface area contributed by atoms with Crippen LogP contribution in [-0.2, 0) is 14.4 Å². The summed E-state index contributed by atoms with van der Waals surface area (Å²) in [6, 6.07) is 14.0. The molecule has 2 aromatic carbocycles. The first kappa shape index (κ1) is 29.7. The Morgan fingerprint density at radius 1 is 0.690 bits per heavy atom. The average molecular weight is 570 g/mol. The van der Waals surface area contributed by atoms with Crippen molar-refractivity contribution in [2.75, 3.05) is 10.6 Å². The summed E-state index contributed by atoms with van der Waals surface area (Å²) in [5.41, 5.74) is 8.32. The number of nitrogens with two attached hydrogens (primary N) is 1. The lowest BCUT2D eigenvalue weighted by Gasteiger charge is -2.21. The SMILES string of the molecule is CCC(CCC(CC(C)C(=O)Nc1ccc(-c2nncnn2)cc1)C(N)=O)C(=O)Nc1ccc(-c2nncnn2)cc1. The maximum atomic E-state index is 13.0. The molecule has 4 rings (SSSR count). The molecule has 3 atom stereocenters. The van der Waals surface area contributed by atoms with Gasteiger partial charge in [0.25, 0.3) is 0 Å². The first-order valence-electron chi connectivity index (χ1n) is 13.5. The molecule has 0 spiro atoms. The highest BCUT2D eigenvalue weighted by atomic mass is 16.2. The summed E-state index contributed by atoms with van der Waals surface area (Å²) in [6.07, 6.45) is 4.17. The van der Waals surface area contributed by atoms with Crippen LogP contribution in [0.4, 0.5) is 11.4 Å². The van der Waals surface area contributed by atoms with Crippen molar-refractivity contribution in [3.8, 4) is 22.8 Å². The van der Waals surface area contributed by atoms with E-state index in [9.17, 15) is 14.4 Å². The number of rotatable bonds is 13. The van der Waals surface area contributed by atoms with Crippen molar-refractivity contribution in [1.29, 1.82) is 0 Å². The van der Waals surface area contributed by atoms with Gasteiger partial charge in [0.05, 0.1) is 0 Å². The number of amides is 3. The third kappa shape index (κ3) is 8.13. The van der Waals surface area contributed by atoms with E-state index in [4.69, 9.17) is 5.73 Å². The number of benzene rings is 2. The molecule has 0 saturated carbocycles. The third-order valence-corrected chi connectivity index (χ3v) is 6.85. The van der Waals surface area contributed by atoms with E-state index >= 15 is 0 Å². The van der Waals surface area contributed by atoms with Gasteiger partial charge in [-0.1, -0.05) is 13.8 Å². The van der Waals surface area contributed by atoms with Gasteiger partial charge in [0.15, 0.2) is 12.7 Å². The standard InChI is InChI=1S/C28H31N11O3/c1-3-18(28(42)35-23-12-8-20(9-13-23)26-38-32-16-33-39-26)4-5-21(24(29)40)14-17(2)27(41)34-22-10-6-19(7-11-22)25-36-30-15-31-37-25/h6-13,15-18,21H,3-5,14H2,1-2H3,(H2,29,40)(H,34,41)(H,35,42). The van der Waals surface area contributed by atoms with Crippen molar-refractivity contribution in [2.45, 2.75) is 39.5 Å². The van der Waals surface area contributed by atoms with Gasteiger partial charge in [-0.25, -0.2) is 0 Å². The lowest BCUT2D eigenvalue weighted by Crippen LogP contribution is -2.31. The van der Waals surface area contributed by atoms with Crippen molar-refractivity contribution < 1.29 is 14.4 Å². The number of primary amides is 1. The second-order valence-corrected chi connectivity index (χ2v) is 9.79. The quantitative estimate of drug-likeness (QED) is 0.213. The smallest absolute Gasteiger partial charge is 0.227 e. The Hall–Kier alpha value is -5.27. The zero-order chi connectivity index (χ0) is 29.9. The van der Waals surface area contributed by atoms with Crippen LogP contribution in [0.2, 0.25) is 0 Å². The van der Waals surface area contributed by atoms with E-state index in [1.807, 2.05) is 6.92 Å². The van der Waals surface area contributed by atoms with Gasteiger partial charge >= 0.3 is 0 Å². The number of hydrogen-bond acceptors (Lipinski definition) is 11. The van der Waals surface area contributed by atoms with Crippen molar-refractivity contribution >= 4 is 29.1 Å². The van der Waals surface area contributed by atoms with E-state index in [0.29, 0.717) is 47.8 Å². The first-order chi connectivity index (χ1) is 20.3. The van der Waals surface area contributed by atoms with Crippen molar-refractivity contribution in [3.05, 3.63) is 61.2 Å². The average Bonchev–Trinajstić information content (AvgIpc) is 3.02. The Labute approximate surface area is 242 Å². The Morgan fingerprint density at radius 3 is 1.55 bits per heavy atom. The first-order valence-corrected chi connectivity index (χ1v) is 13.5. The molecule has 3 amide bonds. The summed E-state index contributed by atoms with van der Waals surface area (Å²) in [6.45, 7) is 3.66. The second kappa shape index (κ2) is 14.4. The minimum Gasteiger partial charge on any atom is -0.369 e. The molecule has 14 heteroatoms. The van der Waals surface area contributed by atoms with Crippen LogP contribution in [0.3, 0.4) is 0 Å². The van der Waals surface area contributed by atoms with Crippen LogP contribution >= 0.6 is 0 Å². The van der Waals surface area contributed by atoms with Crippen LogP contribution in [-0.4, -0.2) is 58.5 Å². The Balaban J connectivity index is 1.28. The Morgan fingerprint density at radius 2 is 1.12 bits per heavy atom. The highest BCUT2D eigenvalue weighted by molar-refractivity contribution is 5.93. The van der Waals surface area contributed by atoms with Crippen LogP contribution in [0.1, 0.15) is 39.5 Å². The molecule has 0 aliphatic rings. The lowest BCUT2D eigenvalue weighted by atomic mass is 9.87. The predicted molar refractivity (Wildman–Crippen MR) is 153 cm³/mol. The highest BCUT2D eigenvalue weighted by Gasteiger charge is 2.26. The van der Waals surface area contributed by atoms with Gasteiger partial charge in [0.2, 0.25) is 29.4 Å². The van der Waals surface area contributed by atoms with E-state index in [0.717, 1.165) is 5.56 Å². The molecular weight excluding hydrogens is 538 g/mol. The molecule has 0 aliphatic heterocycles. The van der Waals surface area contributed by atoms with Gasteiger partial charge in [-0.15, -0.1) is 40.8 Å². The number of hydrogen-bond donors (Lipinski definition) is 3. The van der Waals surface area contributed by atoms with Gasteiger partial charge < -0.3 is 16.4 Å². The highest BCUT2D eigenvalue weighted by Crippen LogP contribution is 2.25. The molecule has 4 aromatic rings. The Kier molecular flexibility index (Phi) is 10.2. The number of carbonyl (C=O) groups is 3. The van der Waals surface area contributed by atoms with Gasteiger partial charge in [-0.3, -0.25) is 14.4 Å². The fourth-order valence-electron chi connectivity index (χ4n) is 4.39. The van der Waals surface area contributed by atoms with E-state index in [1.165, 1.54) is 12.7 Å². The van der Waals surface area contributed by atoms with Crippen LogP contribution in [0.25, 0.3) is 22.8 Å². The fraction of sp³-hybridized carbons (Fsp3) is 0.321. The van der Waals surface area contributed by atoms with Crippen LogP contribution in [0, 0.1) is 17.8 Å². The minimum absolute atomic E-state index is 0.158. The number of nitrogens with one attached hydrogen (secondary N) is 2.